The molecule has 8 nitrogen and oxygen atoms in total. The molecule has 1 aromatic heterocycles. The van der Waals surface area contributed by atoms with Crippen LogP contribution in [-0.4, -0.2) is 38.4 Å². The molecule has 2 amide bonds. The van der Waals surface area contributed by atoms with Gasteiger partial charge in [-0.1, -0.05) is 47.6 Å². The maximum Gasteiger partial charge on any atom is 0.237 e. The minimum atomic E-state index is -0.258. The number of para-hydroxylation sites is 3. The molecular formula is C22H22ClN5O3S. The Hall–Kier alpha value is -3.04. The standard InChI is InChI=1S/C22H22ClN5O3S/c1-14-11-20(29)24-16-8-4-5-9-17(16)28(14)21(30)13-32-22-26-25-19(27(22)2)12-31-18-10-6-3-7-15(18)23/h3-10,14H,11-13H2,1-2H3,(H,24,29)/t14-/m0/s1. The van der Waals surface area contributed by atoms with Crippen molar-refractivity contribution in [3.8, 4) is 5.75 Å². The third kappa shape index (κ3) is 4.73. The summed E-state index contributed by atoms with van der Waals surface area (Å²) in [6.45, 7) is 2.07. The zero-order valence-corrected chi connectivity index (χ0v) is 19.2. The van der Waals surface area contributed by atoms with Crippen molar-refractivity contribution in [1.82, 2.24) is 14.8 Å². The smallest absolute Gasteiger partial charge is 0.237 e. The van der Waals surface area contributed by atoms with E-state index in [0.29, 0.717) is 33.1 Å². The van der Waals surface area contributed by atoms with Crippen LogP contribution >= 0.6 is 23.4 Å². The molecule has 0 unspecified atom stereocenters. The fourth-order valence-electron chi connectivity index (χ4n) is 3.46. The average molecular weight is 472 g/mol. The Labute approximate surface area is 194 Å². The van der Waals surface area contributed by atoms with Gasteiger partial charge in [-0.05, 0) is 31.2 Å². The fourth-order valence-corrected chi connectivity index (χ4v) is 4.44. The largest absolute Gasteiger partial charge is 0.484 e. The molecular weight excluding hydrogens is 450 g/mol. The second kappa shape index (κ2) is 9.62. The van der Waals surface area contributed by atoms with Crippen molar-refractivity contribution in [2.24, 2.45) is 7.05 Å². The number of nitrogens with one attached hydrogen (secondary N) is 1. The first kappa shape index (κ1) is 22.2. The molecule has 0 saturated carbocycles. The van der Waals surface area contributed by atoms with Crippen LogP contribution in [0.2, 0.25) is 5.02 Å². The molecule has 4 rings (SSSR count). The number of nitrogens with zero attached hydrogens (tertiary/aromatic N) is 4. The molecule has 0 radical (unpaired) electrons. The molecule has 166 valence electrons. The highest BCUT2D eigenvalue weighted by molar-refractivity contribution is 7.99. The number of hydrogen-bond acceptors (Lipinski definition) is 6. The molecule has 3 aromatic rings. The number of fused-ring (bicyclic) bond motifs is 1. The number of anilines is 2. The number of benzene rings is 2. The Morgan fingerprint density at radius 2 is 1.97 bits per heavy atom. The molecule has 1 aliphatic rings. The molecule has 1 aliphatic heterocycles. The Bertz CT molecular complexity index is 1150. The average Bonchev–Trinajstić information content (AvgIpc) is 3.05. The van der Waals surface area contributed by atoms with E-state index >= 15 is 0 Å². The van der Waals surface area contributed by atoms with Crippen molar-refractivity contribution in [2.75, 3.05) is 16.0 Å². The number of amides is 2. The molecule has 0 bridgehead atoms. The summed E-state index contributed by atoms with van der Waals surface area (Å²) in [5, 5.41) is 12.3. The summed E-state index contributed by atoms with van der Waals surface area (Å²) in [5.41, 5.74) is 1.33. The van der Waals surface area contributed by atoms with Crippen LogP contribution in [0.5, 0.6) is 5.75 Å². The van der Waals surface area contributed by atoms with Gasteiger partial charge >= 0.3 is 0 Å². The predicted molar refractivity (Wildman–Crippen MR) is 124 cm³/mol. The van der Waals surface area contributed by atoms with E-state index in [-0.39, 0.29) is 36.6 Å². The fraction of sp³-hybridized carbons (Fsp3) is 0.273. The summed E-state index contributed by atoms with van der Waals surface area (Å²) in [5.74, 6) is 1.12. The second-order valence-electron chi connectivity index (χ2n) is 7.35. The van der Waals surface area contributed by atoms with Crippen molar-refractivity contribution in [3.05, 3.63) is 59.4 Å². The van der Waals surface area contributed by atoms with Gasteiger partial charge in [0.1, 0.15) is 12.4 Å². The first-order valence-electron chi connectivity index (χ1n) is 10.0. The minimum Gasteiger partial charge on any atom is -0.484 e. The Kier molecular flexibility index (Phi) is 6.66. The number of thioether (sulfide) groups is 1. The monoisotopic (exact) mass is 471 g/mol. The van der Waals surface area contributed by atoms with Gasteiger partial charge in [-0.2, -0.15) is 0 Å². The van der Waals surface area contributed by atoms with Gasteiger partial charge in [0.05, 0.1) is 22.2 Å². The van der Waals surface area contributed by atoms with Crippen LogP contribution in [0.1, 0.15) is 19.2 Å². The van der Waals surface area contributed by atoms with Crippen LogP contribution in [0.4, 0.5) is 11.4 Å². The second-order valence-corrected chi connectivity index (χ2v) is 8.70. The Morgan fingerprint density at radius 3 is 2.78 bits per heavy atom. The Morgan fingerprint density at radius 1 is 1.22 bits per heavy atom. The van der Waals surface area contributed by atoms with Crippen molar-refractivity contribution >= 4 is 46.6 Å². The van der Waals surface area contributed by atoms with Crippen molar-refractivity contribution in [1.29, 1.82) is 0 Å². The van der Waals surface area contributed by atoms with Crippen LogP contribution in [0.15, 0.2) is 53.7 Å². The quantitative estimate of drug-likeness (QED) is 0.548. The van der Waals surface area contributed by atoms with Crippen LogP contribution in [0, 0.1) is 0 Å². The van der Waals surface area contributed by atoms with E-state index in [0.717, 1.165) is 0 Å². The molecule has 0 spiro atoms. The van der Waals surface area contributed by atoms with E-state index in [9.17, 15) is 9.59 Å². The third-order valence-corrected chi connectivity index (χ3v) is 6.39. The molecule has 1 atom stereocenters. The van der Waals surface area contributed by atoms with Crippen molar-refractivity contribution in [2.45, 2.75) is 31.1 Å². The summed E-state index contributed by atoms with van der Waals surface area (Å²) in [7, 11) is 1.82. The lowest BCUT2D eigenvalue weighted by Gasteiger charge is -2.27. The lowest BCUT2D eigenvalue weighted by atomic mass is 10.2. The number of ether oxygens (including phenoxy) is 1. The van der Waals surface area contributed by atoms with Gasteiger partial charge in [0.15, 0.2) is 11.0 Å². The van der Waals surface area contributed by atoms with Gasteiger partial charge in [-0.3, -0.25) is 9.59 Å². The Balaban J connectivity index is 1.43. The van der Waals surface area contributed by atoms with Gasteiger partial charge in [0.25, 0.3) is 0 Å². The number of hydrogen-bond donors (Lipinski definition) is 1. The number of aromatic nitrogens is 3. The summed E-state index contributed by atoms with van der Waals surface area (Å²) in [4.78, 5) is 27.0. The first-order valence-corrected chi connectivity index (χ1v) is 11.4. The summed E-state index contributed by atoms with van der Waals surface area (Å²) < 4.78 is 7.53. The molecule has 2 aromatic carbocycles. The number of rotatable bonds is 6. The normalized spacial score (nSPS) is 15.7. The molecule has 2 heterocycles. The van der Waals surface area contributed by atoms with E-state index in [2.05, 4.69) is 15.5 Å². The number of halogens is 1. The molecule has 1 N–H and O–H groups in total. The molecule has 0 aliphatic carbocycles. The predicted octanol–water partition coefficient (Wildman–Crippen LogP) is 3.90. The van der Waals surface area contributed by atoms with Crippen molar-refractivity contribution in [3.63, 3.8) is 0 Å². The van der Waals surface area contributed by atoms with E-state index in [1.807, 2.05) is 44.3 Å². The highest BCUT2D eigenvalue weighted by Crippen LogP contribution is 2.32. The van der Waals surface area contributed by atoms with E-state index < -0.39 is 0 Å². The number of carbonyl (C=O) groups excluding carboxylic acids is 2. The topological polar surface area (TPSA) is 89.3 Å². The van der Waals surface area contributed by atoms with Crippen LogP contribution in [-0.2, 0) is 23.2 Å². The molecule has 0 saturated heterocycles. The van der Waals surface area contributed by atoms with Gasteiger partial charge in [-0.15, -0.1) is 10.2 Å². The SMILES string of the molecule is C[C@H]1CC(=O)Nc2ccccc2N1C(=O)CSc1nnc(COc2ccccc2Cl)n1C. The molecule has 0 fully saturated rings. The minimum absolute atomic E-state index is 0.107. The summed E-state index contributed by atoms with van der Waals surface area (Å²) in [6.07, 6.45) is 0.235. The summed E-state index contributed by atoms with van der Waals surface area (Å²) in [6, 6.07) is 14.3. The van der Waals surface area contributed by atoms with Crippen LogP contribution in [0.3, 0.4) is 0 Å². The first-order chi connectivity index (χ1) is 15.4. The zero-order valence-electron chi connectivity index (χ0n) is 17.6. The maximum absolute atomic E-state index is 13.1. The highest BCUT2D eigenvalue weighted by atomic mass is 35.5. The molecule has 32 heavy (non-hydrogen) atoms. The highest BCUT2D eigenvalue weighted by Gasteiger charge is 2.29. The van der Waals surface area contributed by atoms with Gasteiger partial charge < -0.3 is 19.5 Å². The van der Waals surface area contributed by atoms with Gasteiger partial charge in [0.2, 0.25) is 11.8 Å². The van der Waals surface area contributed by atoms with Crippen LogP contribution in [0.25, 0.3) is 0 Å². The van der Waals surface area contributed by atoms with E-state index in [1.165, 1.54) is 11.8 Å². The van der Waals surface area contributed by atoms with Crippen molar-refractivity contribution < 1.29 is 14.3 Å². The van der Waals surface area contributed by atoms with E-state index in [1.54, 1.807) is 27.7 Å². The number of carbonyl (C=O) groups is 2. The summed E-state index contributed by atoms with van der Waals surface area (Å²) >= 11 is 7.41. The van der Waals surface area contributed by atoms with Gasteiger partial charge in [0, 0.05) is 19.5 Å². The maximum atomic E-state index is 13.1. The third-order valence-electron chi connectivity index (χ3n) is 5.07. The van der Waals surface area contributed by atoms with Gasteiger partial charge in [-0.25, -0.2) is 0 Å². The molecule has 10 heteroatoms. The van der Waals surface area contributed by atoms with E-state index in [4.69, 9.17) is 16.3 Å². The lowest BCUT2D eigenvalue weighted by Crippen LogP contribution is -2.40. The lowest BCUT2D eigenvalue weighted by molar-refractivity contribution is -0.117. The van der Waals surface area contributed by atoms with Crippen LogP contribution < -0.4 is 15.0 Å². The zero-order chi connectivity index (χ0) is 22.7.